The molecular formula is C17H14ClNO3S. The van der Waals surface area contributed by atoms with E-state index in [9.17, 15) is 9.59 Å². The highest BCUT2D eigenvalue weighted by Gasteiger charge is 2.12. The van der Waals surface area contributed by atoms with Crippen LogP contribution in [0.3, 0.4) is 0 Å². The molecule has 0 amide bonds. The first-order valence-corrected chi connectivity index (χ1v) is 8.28. The minimum absolute atomic E-state index is 0.104. The van der Waals surface area contributed by atoms with Crippen molar-refractivity contribution in [2.45, 2.75) is 11.8 Å². The minimum Gasteiger partial charge on any atom is -0.312 e. The summed E-state index contributed by atoms with van der Waals surface area (Å²) >= 11 is 7.11. The number of nitrogens with zero attached hydrogens (tertiary/aromatic N) is 1. The van der Waals surface area contributed by atoms with Gasteiger partial charge in [-0.3, -0.25) is 4.79 Å². The van der Waals surface area contributed by atoms with Crippen LogP contribution in [0.5, 0.6) is 0 Å². The molecule has 6 heteroatoms. The number of carbonyl (C=O) groups is 2. The lowest BCUT2D eigenvalue weighted by Crippen LogP contribution is -2.12. The predicted molar refractivity (Wildman–Crippen MR) is 92.3 cm³/mol. The van der Waals surface area contributed by atoms with Crippen molar-refractivity contribution in [2.24, 2.45) is 5.16 Å². The van der Waals surface area contributed by atoms with E-state index >= 15 is 0 Å². The van der Waals surface area contributed by atoms with Gasteiger partial charge in [-0.05, 0) is 43.3 Å². The number of oxime groups is 1. The van der Waals surface area contributed by atoms with Gasteiger partial charge in [-0.1, -0.05) is 23.4 Å². The lowest BCUT2D eigenvalue weighted by atomic mass is 10.1. The molecule has 0 fully saturated rings. The zero-order valence-corrected chi connectivity index (χ0v) is 13.9. The lowest BCUT2D eigenvalue weighted by molar-refractivity contribution is 0.0515. The van der Waals surface area contributed by atoms with Crippen molar-refractivity contribution in [3.8, 4) is 0 Å². The first-order chi connectivity index (χ1) is 11.1. The van der Waals surface area contributed by atoms with Crippen molar-refractivity contribution in [1.82, 2.24) is 0 Å². The number of Topliss-reactive ketones (excluding diaryl/α,β-unsaturated/α-hetero) is 1. The molecule has 0 atom stereocenters. The third kappa shape index (κ3) is 4.94. The van der Waals surface area contributed by atoms with Crippen LogP contribution >= 0.6 is 23.4 Å². The first kappa shape index (κ1) is 17.2. The van der Waals surface area contributed by atoms with Gasteiger partial charge in [-0.25, -0.2) is 4.79 Å². The molecule has 0 N–H and O–H groups in total. The minimum atomic E-state index is -0.605. The molecule has 2 aromatic rings. The van der Waals surface area contributed by atoms with Crippen LogP contribution in [-0.2, 0) is 4.84 Å². The fourth-order valence-electron chi connectivity index (χ4n) is 1.75. The first-order valence-electron chi connectivity index (χ1n) is 6.76. The van der Waals surface area contributed by atoms with Crippen LogP contribution in [0.15, 0.2) is 64.6 Å². The van der Waals surface area contributed by atoms with E-state index in [4.69, 9.17) is 16.4 Å². The molecule has 0 radical (unpaired) electrons. The number of ketones is 1. The maximum absolute atomic E-state index is 12.2. The zero-order valence-electron chi connectivity index (χ0n) is 12.4. The van der Waals surface area contributed by atoms with E-state index in [-0.39, 0.29) is 11.5 Å². The van der Waals surface area contributed by atoms with Gasteiger partial charge in [-0.2, -0.15) is 0 Å². The molecule has 0 aliphatic rings. The average Bonchev–Trinajstić information content (AvgIpc) is 2.60. The van der Waals surface area contributed by atoms with Gasteiger partial charge in [0.25, 0.3) is 0 Å². The van der Waals surface area contributed by atoms with E-state index in [0.717, 1.165) is 4.90 Å². The monoisotopic (exact) mass is 347 g/mol. The predicted octanol–water partition coefficient (Wildman–Crippen LogP) is 4.39. The smallest absolute Gasteiger partial charge is 0.312 e. The molecule has 4 nitrogen and oxygen atoms in total. The Morgan fingerprint density at radius 1 is 1.04 bits per heavy atom. The summed E-state index contributed by atoms with van der Waals surface area (Å²) in [6.45, 7) is 1.50. The van der Waals surface area contributed by atoms with E-state index < -0.39 is 5.97 Å². The Balaban J connectivity index is 2.02. The van der Waals surface area contributed by atoms with Crippen molar-refractivity contribution < 1.29 is 14.4 Å². The van der Waals surface area contributed by atoms with Gasteiger partial charge >= 0.3 is 5.97 Å². The molecule has 0 heterocycles. The molecule has 0 saturated heterocycles. The van der Waals surface area contributed by atoms with Crippen LogP contribution in [0.4, 0.5) is 0 Å². The number of alkyl halides is 1. The Labute approximate surface area is 143 Å². The van der Waals surface area contributed by atoms with Crippen LogP contribution in [-0.4, -0.2) is 22.7 Å². The molecule has 0 aliphatic carbocycles. The summed E-state index contributed by atoms with van der Waals surface area (Å²) in [7, 11) is 0. The van der Waals surface area contributed by atoms with Crippen molar-refractivity contribution in [3.63, 3.8) is 0 Å². The summed E-state index contributed by atoms with van der Waals surface area (Å²) in [6.07, 6.45) is 0. The van der Waals surface area contributed by atoms with Crippen molar-refractivity contribution in [2.75, 3.05) is 5.21 Å². The fraction of sp³-hybridized carbons (Fsp3) is 0.118. The van der Waals surface area contributed by atoms with Crippen LogP contribution < -0.4 is 0 Å². The molecule has 0 aromatic heterocycles. The topological polar surface area (TPSA) is 55.7 Å². The van der Waals surface area contributed by atoms with E-state index in [1.54, 1.807) is 42.5 Å². The maximum atomic E-state index is 12.2. The summed E-state index contributed by atoms with van der Waals surface area (Å²) in [6, 6.07) is 15.5. The third-order valence-electron chi connectivity index (χ3n) is 2.94. The van der Waals surface area contributed by atoms with E-state index in [2.05, 4.69) is 5.16 Å². The fourth-order valence-corrected chi connectivity index (χ4v) is 2.59. The second-order valence-corrected chi connectivity index (χ2v) is 6.16. The Morgan fingerprint density at radius 2 is 1.70 bits per heavy atom. The Hall–Kier alpha value is -2.11. The number of thioether (sulfide) groups is 1. The van der Waals surface area contributed by atoms with Gasteiger partial charge in [-0.15, -0.1) is 23.4 Å². The molecule has 118 valence electrons. The highest BCUT2D eigenvalue weighted by atomic mass is 35.5. The Bertz CT molecular complexity index is 714. The van der Waals surface area contributed by atoms with Gasteiger partial charge < -0.3 is 4.84 Å². The molecule has 0 unspecified atom stereocenters. The van der Waals surface area contributed by atoms with Crippen LogP contribution in [0.1, 0.15) is 27.6 Å². The normalized spacial score (nSPS) is 11.1. The van der Waals surface area contributed by atoms with Gasteiger partial charge in [0.2, 0.25) is 5.78 Å². The Morgan fingerprint density at radius 3 is 2.30 bits per heavy atom. The molecular weight excluding hydrogens is 334 g/mol. The second kappa shape index (κ2) is 8.50. The zero-order chi connectivity index (χ0) is 16.7. The molecule has 0 spiro atoms. The summed E-state index contributed by atoms with van der Waals surface area (Å²) in [5.41, 5.74) is 0.951. The molecule has 2 rings (SSSR count). The van der Waals surface area contributed by atoms with E-state index in [1.807, 2.05) is 12.1 Å². The summed E-state index contributed by atoms with van der Waals surface area (Å²) in [4.78, 5) is 29.8. The van der Waals surface area contributed by atoms with Crippen LogP contribution in [0, 0.1) is 0 Å². The third-order valence-corrected chi connectivity index (χ3v) is 3.98. The van der Waals surface area contributed by atoms with Crippen LogP contribution in [0.2, 0.25) is 0 Å². The summed E-state index contributed by atoms with van der Waals surface area (Å²) in [5.74, 6) is -0.903. The molecule has 23 heavy (non-hydrogen) atoms. The highest BCUT2D eigenvalue weighted by Crippen LogP contribution is 2.19. The van der Waals surface area contributed by atoms with Gasteiger partial charge in [0, 0.05) is 10.5 Å². The summed E-state index contributed by atoms with van der Waals surface area (Å²) in [5, 5.41) is 4.07. The van der Waals surface area contributed by atoms with Gasteiger partial charge in [0.15, 0.2) is 0 Å². The molecule has 2 aromatic carbocycles. The standard InChI is InChI=1S/C17H14ClNO3S/c1-12(19-22-17(21)14-5-3-2-4-6-14)16(20)13-7-9-15(10-8-13)23-11-18/h2-10H,11H2,1H3. The number of rotatable bonds is 6. The number of hydrogen-bond donors (Lipinski definition) is 0. The highest BCUT2D eigenvalue weighted by molar-refractivity contribution is 8.00. The summed E-state index contributed by atoms with van der Waals surface area (Å²) < 4.78 is 0. The number of carbonyl (C=O) groups excluding carboxylic acids is 2. The second-order valence-electron chi connectivity index (χ2n) is 4.53. The number of benzene rings is 2. The SMILES string of the molecule is CC(=NOC(=O)c1ccccc1)C(=O)c1ccc(SCCl)cc1. The van der Waals surface area contributed by atoms with Crippen molar-refractivity contribution in [3.05, 3.63) is 65.7 Å². The lowest BCUT2D eigenvalue weighted by Gasteiger charge is -2.02. The number of halogens is 1. The van der Waals surface area contributed by atoms with Crippen LogP contribution in [0.25, 0.3) is 0 Å². The van der Waals surface area contributed by atoms with E-state index in [0.29, 0.717) is 16.3 Å². The maximum Gasteiger partial charge on any atom is 0.365 e. The quantitative estimate of drug-likeness (QED) is 0.194. The molecule has 0 bridgehead atoms. The number of hydrogen-bond acceptors (Lipinski definition) is 5. The van der Waals surface area contributed by atoms with Gasteiger partial charge in [0.1, 0.15) is 5.71 Å². The molecule has 0 saturated carbocycles. The average molecular weight is 348 g/mol. The largest absolute Gasteiger partial charge is 0.365 e. The Kier molecular flexibility index (Phi) is 6.38. The van der Waals surface area contributed by atoms with Gasteiger partial charge in [0.05, 0.1) is 10.8 Å². The van der Waals surface area contributed by atoms with Crippen molar-refractivity contribution in [1.29, 1.82) is 0 Å². The van der Waals surface area contributed by atoms with E-state index in [1.165, 1.54) is 18.7 Å². The molecule has 0 aliphatic heterocycles. The van der Waals surface area contributed by atoms with Crippen molar-refractivity contribution >= 4 is 40.8 Å².